The maximum absolute atomic E-state index is 11.0. The quantitative estimate of drug-likeness (QED) is 0.380. The fourth-order valence-electron chi connectivity index (χ4n) is 1.60. The molecule has 0 fully saturated rings. The van der Waals surface area contributed by atoms with E-state index in [1.54, 1.807) is 11.8 Å². The molecule has 1 rings (SSSR count). The van der Waals surface area contributed by atoms with Crippen molar-refractivity contribution in [2.24, 2.45) is 0 Å². The fourth-order valence-corrected chi connectivity index (χ4v) is 2.60. The minimum Gasteiger partial charge on any atom is -0.302 e. The third-order valence-electron chi connectivity index (χ3n) is 2.52. The number of benzene rings is 1. The average Bonchev–Trinajstić information content (AvgIpc) is 2.34. The lowest BCUT2D eigenvalue weighted by molar-refractivity contribution is -0.107. The van der Waals surface area contributed by atoms with Gasteiger partial charge in [0.05, 0.1) is 5.25 Å². The van der Waals surface area contributed by atoms with Crippen LogP contribution in [0.2, 0.25) is 0 Å². The molecule has 0 aliphatic heterocycles. The summed E-state index contributed by atoms with van der Waals surface area (Å²) in [6.07, 6.45) is 7.03. The smallest absolute Gasteiger partial charge is 0.133 e. The molecule has 0 aliphatic carbocycles. The monoisotopic (exact) mass is 236 g/mol. The molecule has 2 heteroatoms. The van der Waals surface area contributed by atoms with E-state index in [2.05, 4.69) is 19.1 Å². The summed E-state index contributed by atoms with van der Waals surface area (Å²) in [5.74, 6) is 0. The Balaban J connectivity index is 2.29. The molecular formula is C14H20OS. The molecule has 88 valence electrons. The summed E-state index contributed by atoms with van der Waals surface area (Å²) in [7, 11) is 0. The first-order chi connectivity index (χ1) is 7.86. The number of aldehydes is 1. The molecule has 1 nitrogen and oxygen atoms in total. The van der Waals surface area contributed by atoms with Crippen molar-refractivity contribution in [3.05, 3.63) is 30.3 Å². The predicted molar refractivity (Wildman–Crippen MR) is 70.9 cm³/mol. The maximum atomic E-state index is 11.0. The van der Waals surface area contributed by atoms with Crippen LogP contribution in [0.1, 0.15) is 39.0 Å². The molecule has 0 aromatic heterocycles. The Hall–Kier alpha value is -0.760. The summed E-state index contributed by atoms with van der Waals surface area (Å²) < 4.78 is 0. The van der Waals surface area contributed by atoms with Crippen LogP contribution in [0.5, 0.6) is 0 Å². The van der Waals surface area contributed by atoms with Gasteiger partial charge in [-0.05, 0) is 18.6 Å². The molecule has 1 atom stereocenters. The van der Waals surface area contributed by atoms with Crippen LogP contribution < -0.4 is 0 Å². The third-order valence-corrected chi connectivity index (χ3v) is 3.72. The second kappa shape index (κ2) is 8.40. The summed E-state index contributed by atoms with van der Waals surface area (Å²) in [5, 5.41) is 0.124. The zero-order valence-electron chi connectivity index (χ0n) is 9.89. The van der Waals surface area contributed by atoms with Crippen molar-refractivity contribution in [2.45, 2.75) is 49.2 Å². The van der Waals surface area contributed by atoms with Crippen molar-refractivity contribution in [1.82, 2.24) is 0 Å². The Labute approximate surface area is 103 Å². The van der Waals surface area contributed by atoms with Gasteiger partial charge in [0.15, 0.2) is 0 Å². The highest BCUT2D eigenvalue weighted by atomic mass is 32.2. The lowest BCUT2D eigenvalue weighted by Crippen LogP contribution is -2.03. The summed E-state index contributed by atoms with van der Waals surface area (Å²) in [6.45, 7) is 2.20. The van der Waals surface area contributed by atoms with E-state index in [1.807, 2.05) is 18.2 Å². The first-order valence-electron chi connectivity index (χ1n) is 6.03. The van der Waals surface area contributed by atoms with Crippen LogP contribution in [0.4, 0.5) is 0 Å². The van der Waals surface area contributed by atoms with E-state index in [0.29, 0.717) is 0 Å². The second-order valence-corrected chi connectivity index (χ2v) is 5.27. The number of unbranched alkanes of at least 4 members (excludes halogenated alkanes) is 3. The van der Waals surface area contributed by atoms with E-state index < -0.39 is 0 Å². The largest absolute Gasteiger partial charge is 0.302 e. The van der Waals surface area contributed by atoms with Gasteiger partial charge in [0, 0.05) is 4.90 Å². The van der Waals surface area contributed by atoms with Gasteiger partial charge >= 0.3 is 0 Å². The standard InChI is InChI=1S/C14H20OS/c1-2-3-4-6-11-14(12-15)16-13-9-7-5-8-10-13/h5,7-10,12,14H,2-4,6,11H2,1H3. The Kier molecular flexibility index (Phi) is 6.98. The van der Waals surface area contributed by atoms with Gasteiger partial charge in [0.1, 0.15) is 6.29 Å². The second-order valence-electron chi connectivity index (χ2n) is 3.95. The molecule has 0 saturated carbocycles. The zero-order valence-corrected chi connectivity index (χ0v) is 10.7. The maximum Gasteiger partial charge on any atom is 0.133 e. The van der Waals surface area contributed by atoms with E-state index in [0.717, 1.165) is 19.1 Å². The van der Waals surface area contributed by atoms with Crippen LogP contribution in [0.3, 0.4) is 0 Å². The van der Waals surface area contributed by atoms with Gasteiger partial charge in [0.25, 0.3) is 0 Å². The number of thioether (sulfide) groups is 1. The molecule has 0 N–H and O–H groups in total. The van der Waals surface area contributed by atoms with Crippen LogP contribution in [0.15, 0.2) is 35.2 Å². The van der Waals surface area contributed by atoms with Gasteiger partial charge in [-0.3, -0.25) is 0 Å². The first-order valence-corrected chi connectivity index (χ1v) is 6.91. The molecule has 0 amide bonds. The van der Waals surface area contributed by atoms with Crippen LogP contribution in [0.25, 0.3) is 0 Å². The van der Waals surface area contributed by atoms with Crippen LogP contribution in [-0.4, -0.2) is 11.5 Å². The van der Waals surface area contributed by atoms with Gasteiger partial charge in [-0.1, -0.05) is 50.8 Å². The topological polar surface area (TPSA) is 17.1 Å². The summed E-state index contributed by atoms with van der Waals surface area (Å²) in [4.78, 5) is 12.1. The van der Waals surface area contributed by atoms with Gasteiger partial charge in [-0.25, -0.2) is 0 Å². The molecule has 1 aromatic rings. The van der Waals surface area contributed by atoms with Gasteiger partial charge in [-0.2, -0.15) is 0 Å². The summed E-state index contributed by atoms with van der Waals surface area (Å²) >= 11 is 1.68. The Morgan fingerprint density at radius 3 is 2.56 bits per heavy atom. The van der Waals surface area contributed by atoms with Gasteiger partial charge in [0.2, 0.25) is 0 Å². The van der Waals surface area contributed by atoms with E-state index in [9.17, 15) is 4.79 Å². The third kappa shape index (κ3) is 5.36. The van der Waals surface area contributed by atoms with Gasteiger partial charge < -0.3 is 4.79 Å². The highest BCUT2D eigenvalue weighted by Crippen LogP contribution is 2.25. The number of hydrogen-bond donors (Lipinski definition) is 0. The predicted octanol–water partition coefficient (Wildman–Crippen LogP) is 4.32. The molecule has 0 heterocycles. The SMILES string of the molecule is CCCCCCC(C=O)Sc1ccccc1. The Morgan fingerprint density at radius 2 is 1.94 bits per heavy atom. The van der Waals surface area contributed by atoms with Crippen molar-refractivity contribution in [1.29, 1.82) is 0 Å². The Bertz CT molecular complexity index is 284. The van der Waals surface area contributed by atoms with E-state index in [-0.39, 0.29) is 5.25 Å². The van der Waals surface area contributed by atoms with Crippen LogP contribution in [0, 0.1) is 0 Å². The molecule has 0 saturated heterocycles. The molecule has 16 heavy (non-hydrogen) atoms. The van der Waals surface area contributed by atoms with Crippen molar-refractivity contribution < 1.29 is 4.79 Å². The first kappa shape index (κ1) is 13.3. The minimum absolute atomic E-state index is 0.124. The van der Waals surface area contributed by atoms with Gasteiger partial charge in [-0.15, -0.1) is 11.8 Å². The summed E-state index contributed by atoms with van der Waals surface area (Å²) in [5.41, 5.74) is 0. The van der Waals surface area contributed by atoms with Crippen molar-refractivity contribution >= 4 is 18.0 Å². The number of hydrogen-bond acceptors (Lipinski definition) is 2. The van der Waals surface area contributed by atoms with E-state index >= 15 is 0 Å². The fraction of sp³-hybridized carbons (Fsp3) is 0.500. The molecule has 0 radical (unpaired) electrons. The minimum atomic E-state index is 0.124. The zero-order chi connectivity index (χ0) is 11.6. The normalized spacial score (nSPS) is 12.3. The molecule has 1 aromatic carbocycles. The number of rotatable bonds is 8. The van der Waals surface area contributed by atoms with Crippen molar-refractivity contribution in [3.8, 4) is 0 Å². The molecular weight excluding hydrogens is 216 g/mol. The number of carbonyl (C=O) groups excluding carboxylic acids is 1. The van der Waals surface area contributed by atoms with E-state index in [4.69, 9.17) is 0 Å². The van der Waals surface area contributed by atoms with Crippen molar-refractivity contribution in [3.63, 3.8) is 0 Å². The molecule has 0 aliphatic rings. The van der Waals surface area contributed by atoms with E-state index in [1.165, 1.54) is 24.2 Å². The molecule has 0 spiro atoms. The highest BCUT2D eigenvalue weighted by Gasteiger charge is 2.08. The average molecular weight is 236 g/mol. The Morgan fingerprint density at radius 1 is 1.19 bits per heavy atom. The molecule has 1 unspecified atom stereocenters. The van der Waals surface area contributed by atoms with Crippen LogP contribution in [-0.2, 0) is 4.79 Å². The lowest BCUT2D eigenvalue weighted by atomic mass is 10.1. The highest BCUT2D eigenvalue weighted by molar-refractivity contribution is 8.00. The number of carbonyl (C=O) groups is 1. The van der Waals surface area contributed by atoms with Crippen molar-refractivity contribution in [2.75, 3.05) is 0 Å². The summed E-state index contributed by atoms with van der Waals surface area (Å²) in [6, 6.07) is 10.2. The lowest BCUT2D eigenvalue weighted by Gasteiger charge is -2.09. The molecule has 0 bridgehead atoms. The van der Waals surface area contributed by atoms with Crippen LogP contribution >= 0.6 is 11.8 Å².